The van der Waals surface area contributed by atoms with Gasteiger partial charge in [0.15, 0.2) is 0 Å². The molecule has 0 aliphatic carbocycles. The SMILES string of the molecule is C[C@H](c1ccccc1)N1CCCC[C@H]1C(F)(F)F. The van der Waals surface area contributed by atoms with E-state index in [4.69, 9.17) is 0 Å². The summed E-state index contributed by atoms with van der Waals surface area (Å²) in [6.45, 7) is 2.39. The van der Waals surface area contributed by atoms with E-state index in [1.165, 1.54) is 0 Å². The van der Waals surface area contributed by atoms with Gasteiger partial charge in [0.1, 0.15) is 6.04 Å². The van der Waals surface area contributed by atoms with Gasteiger partial charge in [-0.25, -0.2) is 0 Å². The van der Waals surface area contributed by atoms with Crippen LogP contribution in [0.3, 0.4) is 0 Å². The third-order valence-electron chi connectivity index (χ3n) is 3.70. The van der Waals surface area contributed by atoms with Gasteiger partial charge in [0, 0.05) is 6.04 Å². The number of piperidine rings is 1. The second-order valence-electron chi connectivity index (χ2n) is 4.88. The molecule has 100 valence electrons. The summed E-state index contributed by atoms with van der Waals surface area (Å²) in [7, 11) is 0. The molecular weight excluding hydrogens is 239 g/mol. The second kappa shape index (κ2) is 5.31. The minimum atomic E-state index is -4.12. The van der Waals surface area contributed by atoms with Gasteiger partial charge in [-0.3, -0.25) is 4.90 Å². The summed E-state index contributed by atoms with van der Waals surface area (Å²) in [6.07, 6.45) is -2.38. The minimum Gasteiger partial charge on any atom is -0.285 e. The summed E-state index contributed by atoms with van der Waals surface area (Å²) in [6, 6.07) is 7.95. The molecule has 0 saturated carbocycles. The van der Waals surface area contributed by atoms with Crippen molar-refractivity contribution in [3.8, 4) is 0 Å². The Bertz CT molecular complexity index is 374. The largest absolute Gasteiger partial charge is 0.404 e. The summed E-state index contributed by atoms with van der Waals surface area (Å²) in [5, 5.41) is 0. The topological polar surface area (TPSA) is 3.24 Å². The molecule has 0 radical (unpaired) electrons. The molecule has 2 atom stereocenters. The van der Waals surface area contributed by atoms with Crippen molar-refractivity contribution in [2.24, 2.45) is 0 Å². The number of likely N-dealkylation sites (tertiary alicyclic amines) is 1. The van der Waals surface area contributed by atoms with Crippen LogP contribution >= 0.6 is 0 Å². The molecule has 0 spiro atoms. The third kappa shape index (κ3) is 2.86. The zero-order chi connectivity index (χ0) is 13.2. The van der Waals surface area contributed by atoms with Crippen LogP contribution in [0.2, 0.25) is 0 Å². The fourth-order valence-corrected chi connectivity index (χ4v) is 2.69. The van der Waals surface area contributed by atoms with E-state index < -0.39 is 12.2 Å². The maximum Gasteiger partial charge on any atom is 0.404 e. The Labute approximate surface area is 106 Å². The number of nitrogens with zero attached hydrogens (tertiary/aromatic N) is 1. The van der Waals surface area contributed by atoms with Crippen molar-refractivity contribution < 1.29 is 13.2 Å². The number of alkyl halides is 3. The fourth-order valence-electron chi connectivity index (χ4n) is 2.69. The quantitative estimate of drug-likeness (QED) is 0.768. The third-order valence-corrected chi connectivity index (χ3v) is 3.70. The van der Waals surface area contributed by atoms with Gasteiger partial charge >= 0.3 is 6.18 Å². The van der Waals surface area contributed by atoms with Crippen molar-refractivity contribution in [2.45, 2.75) is 44.4 Å². The molecule has 1 aliphatic heterocycles. The molecule has 1 fully saturated rings. The fraction of sp³-hybridized carbons (Fsp3) is 0.571. The lowest BCUT2D eigenvalue weighted by atomic mass is 9.97. The first kappa shape index (κ1) is 13.4. The van der Waals surface area contributed by atoms with E-state index in [1.807, 2.05) is 37.3 Å². The van der Waals surface area contributed by atoms with Crippen LogP contribution in [0, 0.1) is 0 Å². The summed E-state index contributed by atoms with van der Waals surface area (Å²) in [5.41, 5.74) is 0.952. The highest BCUT2D eigenvalue weighted by atomic mass is 19.4. The normalized spacial score (nSPS) is 23.9. The Hall–Kier alpha value is -1.03. The molecule has 1 saturated heterocycles. The lowest BCUT2D eigenvalue weighted by molar-refractivity contribution is -0.197. The highest BCUT2D eigenvalue weighted by Gasteiger charge is 2.45. The van der Waals surface area contributed by atoms with Crippen molar-refractivity contribution in [3.05, 3.63) is 35.9 Å². The smallest absolute Gasteiger partial charge is 0.285 e. The lowest BCUT2D eigenvalue weighted by Crippen LogP contribution is -2.49. The summed E-state index contributed by atoms with van der Waals surface area (Å²) in [5.74, 6) is 0. The van der Waals surface area contributed by atoms with Crippen molar-refractivity contribution >= 4 is 0 Å². The Morgan fingerprint density at radius 2 is 1.83 bits per heavy atom. The van der Waals surface area contributed by atoms with Crippen LogP contribution in [-0.4, -0.2) is 23.7 Å². The van der Waals surface area contributed by atoms with Crippen LogP contribution in [0.5, 0.6) is 0 Å². The van der Waals surface area contributed by atoms with Crippen molar-refractivity contribution in [1.82, 2.24) is 4.90 Å². The first-order valence-electron chi connectivity index (χ1n) is 6.37. The molecule has 1 heterocycles. The standard InChI is InChI=1S/C14H18F3N/c1-11(12-7-3-2-4-8-12)18-10-6-5-9-13(18)14(15,16)17/h2-4,7-8,11,13H,5-6,9-10H2,1H3/t11-,13+/m1/s1. The lowest BCUT2D eigenvalue weighted by Gasteiger charge is -2.40. The molecule has 0 N–H and O–H groups in total. The highest BCUT2D eigenvalue weighted by molar-refractivity contribution is 5.18. The zero-order valence-corrected chi connectivity index (χ0v) is 10.5. The Balaban J connectivity index is 2.19. The predicted molar refractivity (Wildman–Crippen MR) is 65.3 cm³/mol. The van der Waals surface area contributed by atoms with E-state index in [2.05, 4.69) is 0 Å². The molecule has 18 heavy (non-hydrogen) atoms. The Kier molecular flexibility index (Phi) is 3.95. The second-order valence-corrected chi connectivity index (χ2v) is 4.88. The molecule has 0 amide bonds. The van der Waals surface area contributed by atoms with Gasteiger partial charge in [-0.2, -0.15) is 13.2 Å². The van der Waals surface area contributed by atoms with Gasteiger partial charge in [-0.1, -0.05) is 36.8 Å². The zero-order valence-electron chi connectivity index (χ0n) is 10.5. The van der Waals surface area contributed by atoms with Gasteiger partial charge in [-0.05, 0) is 31.9 Å². The Morgan fingerprint density at radius 1 is 1.17 bits per heavy atom. The van der Waals surface area contributed by atoms with E-state index in [0.717, 1.165) is 12.0 Å². The van der Waals surface area contributed by atoms with Crippen LogP contribution in [0.1, 0.15) is 37.8 Å². The number of hydrogen-bond donors (Lipinski definition) is 0. The van der Waals surface area contributed by atoms with Crippen molar-refractivity contribution in [3.63, 3.8) is 0 Å². The first-order chi connectivity index (χ1) is 8.50. The van der Waals surface area contributed by atoms with E-state index >= 15 is 0 Å². The van der Waals surface area contributed by atoms with Crippen molar-refractivity contribution in [2.75, 3.05) is 6.54 Å². The molecular formula is C14H18F3N. The number of rotatable bonds is 2. The molecule has 1 aromatic rings. The minimum absolute atomic E-state index is 0.182. The summed E-state index contributed by atoms with van der Waals surface area (Å²) in [4.78, 5) is 1.60. The molecule has 1 aliphatic rings. The molecule has 1 nitrogen and oxygen atoms in total. The molecule has 1 aromatic carbocycles. The van der Waals surface area contributed by atoms with E-state index in [-0.39, 0.29) is 12.5 Å². The molecule has 4 heteroatoms. The van der Waals surface area contributed by atoms with Gasteiger partial charge in [0.2, 0.25) is 0 Å². The molecule has 2 rings (SSSR count). The molecule has 0 aromatic heterocycles. The van der Waals surface area contributed by atoms with Gasteiger partial charge in [-0.15, -0.1) is 0 Å². The molecule has 0 bridgehead atoms. The van der Waals surface area contributed by atoms with E-state index in [9.17, 15) is 13.2 Å². The summed E-state index contributed by atoms with van der Waals surface area (Å²) < 4.78 is 39.1. The van der Waals surface area contributed by atoms with E-state index in [1.54, 1.807) is 4.90 Å². The Morgan fingerprint density at radius 3 is 2.44 bits per heavy atom. The number of hydrogen-bond acceptors (Lipinski definition) is 1. The average Bonchev–Trinajstić information content (AvgIpc) is 2.38. The van der Waals surface area contributed by atoms with Crippen molar-refractivity contribution in [1.29, 1.82) is 0 Å². The first-order valence-corrected chi connectivity index (χ1v) is 6.37. The highest BCUT2D eigenvalue weighted by Crippen LogP contribution is 2.36. The van der Waals surface area contributed by atoms with Crippen LogP contribution in [0.4, 0.5) is 13.2 Å². The maximum absolute atomic E-state index is 13.0. The van der Waals surface area contributed by atoms with Crippen LogP contribution in [0.25, 0.3) is 0 Å². The van der Waals surface area contributed by atoms with Crippen LogP contribution < -0.4 is 0 Å². The average molecular weight is 257 g/mol. The van der Waals surface area contributed by atoms with Gasteiger partial charge < -0.3 is 0 Å². The number of halogens is 3. The summed E-state index contributed by atoms with van der Waals surface area (Å²) >= 11 is 0. The number of benzene rings is 1. The monoisotopic (exact) mass is 257 g/mol. The predicted octanol–water partition coefficient (Wildman–Crippen LogP) is 4.16. The van der Waals surface area contributed by atoms with Crippen LogP contribution in [0.15, 0.2) is 30.3 Å². The van der Waals surface area contributed by atoms with E-state index in [0.29, 0.717) is 13.0 Å². The molecule has 0 unspecified atom stereocenters. The maximum atomic E-state index is 13.0. The van der Waals surface area contributed by atoms with Gasteiger partial charge in [0.25, 0.3) is 0 Å². The van der Waals surface area contributed by atoms with Gasteiger partial charge in [0.05, 0.1) is 0 Å². The van der Waals surface area contributed by atoms with Crippen LogP contribution in [-0.2, 0) is 0 Å².